The number of amides is 1. The van der Waals surface area contributed by atoms with E-state index in [1.54, 1.807) is 12.1 Å². The van der Waals surface area contributed by atoms with Gasteiger partial charge >= 0.3 is 0 Å². The smallest absolute Gasteiger partial charge is 0.265 e. The molecule has 3 rings (SSSR count). The number of thiophene rings is 1. The molecule has 0 saturated carbocycles. The van der Waals surface area contributed by atoms with Crippen molar-refractivity contribution in [2.75, 3.05) is 5.32 Å². The van der Waals surface area contributed by atoms with Crippen LogP contribution in [0.1, 0.15) is 40.6 Å². The highest BCUT2D eigenvalue weighted by Gasteiger charge is 2.10. The Kier molecular flexibility index (Phi) is 5.96. The van der Waals surface area contributed by atoms with Gasteiger partial charge in [-0.1, -0.05) is 43.6 Å². The van der Waals surface area contributed by atoms with Gasteiger partial charge in [0.2, 0.25) is 0 Å². The van der Waals surface area contributed by atoms with Gasteiger partial charge < -0.3 is 10.1 Å². The van der Waals surface area contributed by atoms with E-state index in [9.17, 15) is 4.79 Å². The first-order chi connectivity index (χ1) is 12.5. The molecule has 1 heterocycles. The van der Waals surface area contributed by atoms with Crippen molar-refractivity contribution in [2.24, 2.45) is 0 Å². The number of carbonyl (C=O) groups is 1. The lowest BCUT2D eigenvalue weighted by Gasteiger charge is -2.07. The molecular formula is C21H20ClNO2S. The maximum atomic E-state index is 12.4. The lowest BCUT2D eigenvalue weighted by molar-refractivity contribution is 0.103. The van der Waals surface area contributed by atoms with E-state index < -0.39 is 0 Å². The monoisotopic (exact) mass is 385 g/mol. The molecule has 0 bridgehead atoms. The van der Waals surface area contributed by atoms with Crippen LogP contribution in [-0.4, -0.2) is 5.91 Å². The second kappa shape index (κ2) is 8.39. The fourth-order valence-corrected chi connectivity index (χ4v) is 3.41. The Balaban J connectivity index is 1.59. The summed E-state index contributed by atoms with van der Waals surface area (Å²) in [6.07, 6.45) is 0. The van der Waals surface area contributed by atoms with Gasteiger partial charge in [-0.3, -0.25) is 4.79 Å². The van der Waals surface area contributed by atoms with Gasteiger partial charge in [0.05, 0.1) is 4.88 Å². The van der Waals surface area contributed by atoms with E-state index >= 15 is 0 Å². The zero-order chi connectivity index (χ0) is 18.5. The molecule has 0 fully saturated rings. The lowest BCUT2D eigenvalue weighted by atomic mass is 10.0. The number of carbonyl (C=O) groups excluding carboxylic acids is 1. The molecule has 0 aliphatic heterocycles. The summed E-state index contributed by atoms with van der Waals surface area (Å²) < 4.78 is 5.71. The first-order valence-electron chi connectivity index (χ1n) is 8.38. The highest BCUT2D eigenvalue weighted by molar-refractivity contribution is 7.12. The normalized spacial score (nSPS) is 10.8. The van der Waals surface area contributed by atoms with Crippen molar-refractivity contribution in [3.63, 3.8) is 0 Å². The second-order valence-corrected chi connectivity index (χ2v) is 7.64. The Labute approximate surface area is 162 Å². The van der Waals surface area contributed by atoms with Crippen molar-refractivity contribution in [3.05, 3.63) is 81.0 Å². The molecule has 2 aromatic carbocycles. The van der Waals surface area contributed by atoms with E-state index in [1.165, 1.54) is 16.9 Å². The molecule has 0 aliphatic carbocycles. The molecule has 1 N–H and O–H groups in total. The molecule has 0 radical (unpaired) electrons. The largest absolute Gasteiger partial charge is 0.489 e. The van der Waals surface area contributed by atoms with Gasteiger partial charge in [-0.05, 0) is 53.3 Å². The van der Waals surface area contributed by atoms with Crippen LogP contribution in [0, 0.1) is 0 Å². The standard InChI is InChI=1S/C21H20ClNO2S/c1-14(2)16-6-8-18(9-7-16)23-21(24)20-10-15(13-26-20)12-25-19-5-3-4-17(22)11-19/h3-11,13-14H,12H2,1-2H3,(H,23,24). The van der Waals surface area contributed by atoms with Crippen LogP contribution >= 0.6 is 22.9 Å². The fraction of sp³-hybridized carbons (Fsp3) is 0.190. The Hall–Kier alpha value is -2.30. The van der Waals surface area contributed by atoms with Crippen LogP contribution in [0.25, 0.3) is 0 Å². The van der Waals surface area contributed by atoms with E-state index in [0.717, 1.165) is 11.3 Å². The molecule has 5 heteroatoms. The predicted octanol–water partition coefficient (Wildman–Crippen LogP) is 6.36. The minimum Gasteiger partial charge on any atom is -0.489 e. The molecule has 0 aliphatic rings. The molecule has 3 nitrogen and oxygen atoms in total. The summed E-state index contributed by atoms with van der Waals surface area (Å²) in [4.78, 5) is 13.1. The minimum absolute atomic E-state index is 0.110. The quantitative estimate of drug-likeness (QED) is 0.536. The second-order valence-electron chi connectivity index (χ2n) is 6.30. The van der Waals surface area contributed by atoms with Gasteiger partial charge in [-0.25, -0.2) is 0 Å². The van der Waals surface area contributed by atoms with Crippen molar-refractivity contribution in [1.82, 2.24) is 0 Å². The van der Waals surface area contributed by atoms with Crippen LogP contribution in [0.2, 0.25) is 5.02 Å². The number of anilines is 1. The Morgan fingerprint density at radius 2 is 1.92 bits per heavy atom. The first kappa shape index (κ1) is 18.5. The van der Waals surface area contributed by atoms with E-state index in [-0.39, 0.29) is 5.91 Å². The first-order valence-corrected chi connectivity index (χ1v) is 9.64. The maximum absolute atomic E-state index is 12.4. The minimum atomic E-state index is -0.110. The molecule has 0 atom stereocenters. The number of ether oxygens (including phenoxy) is 1. The Bertz CT molecular complexity index is 887. The third kappa shape index (κ3) is 4.87. The van der Waals surface area contributed by atoms with Crippen molar-refractivity contribution < 1.29 is 9.53 Å². The summed E-state index contributed by atoms with van der Waals surface area (Å²) in [6, 6.07) is 17.1. The highest BCUT2D eigenvalue weighted by atomic mass is 35.5. The summed E-state index contributed by atoms with van der Waals surface area (Å²) in [5.41, 5.74) is 3.00. The molecule has 26 heavy (non-hydrogen) atoms. The SMILES string of the molecule is CC(C)c1ccc(NC(=O)c2cc(COc3cccc(Cl)c3)cs2)cc1. The summed E-state index contributed by atoms with van der Waals surface area (Å²) in [5, 5.41) is 5.50. The van der Waals surface area contributed by atoms with Gasteiger partial charge in [0.25, 0.3) is 5.91 Å². The van der Waals surface area contributed by atoms with Crippen LogP contribution in [0.5, 0.6) is 5.75 Å². The molecular weight excluding hydrogens is 366 g/mol. The summed E-state index contributed by atoms with van der Waals surface area (Å²) in [5.74, 6) is 1.07. The number of rotatable bonds is 6. The van der Waals surface area contributed by atoms with Gasteiger partial charge in [-0.15, -0.1) is 11.3 Å². The molecule has 134 valence electrons. The van der Waals surface area contributed by atoms with E-state index in [4.69, 9.17) is 16.3 Å². The van der Waals surface area contributed by atoms with Crippen molar-refractivity contribution in [1.29, 1.82) is 0 Å². The van der Waals surface area contributed by atoms with Gasteiger partial charge in [0.1, 0.15) is 12.4 Å². The lowest BCUT2D eigenvalue weighted by Crippen LogP contribution is -2.10. The van der Waals surface area contributed by atoms with Gasteiger partial charge in [0, 0.05) is 16.3 Å². The van der Waals surface area contributed by atoms with Crippen molar-refractivity contribution in [2.45, 2.75) is 26.4 Å². The molecule has 3 aromatic rings. The molecule has 0 spiro atoms. The third-order valence-electron chi connectivity index (χ3n) is 3.91. The Morgan fingerprint density at radius 3 is 2.62 bits per heavy atom. The Morgan fingerprint density at radius 1 is 1.15 bits per heavy atom. The fourth-order valence-electron chi connectivity index (χ4n) is 2.44. The topological polar surface area (TPSA) is 38.3 Å². The van der Waals surface area contributed by atoms with Crippen LogP contribution in [0.3, 0.4) is 0 Å². The summed E-state index contributed by atoms with van der Waals surface area (Å²) >= 11 is 7.35. The zero-order valence-corrected chi connectivity index (χ0v) is 16.2. The number of benzene rings is 2. The summed E-state index contributed by atoms with van der Waals surface area (Å²) in [6.45, 7) is 4.69. The van der Waals surface area contributed by atoms with E-state index in [2.05, 4.69) is 19.2 Å². The molecule has 0 unspecified atom stereocenters. The van der Waals surface area contributed by atoms with Gasteiger partial charge in [-0.2, -0.15) is 0 Å². The number of nitrogens with one attached hydrogen (secondary N) is 1. The van der Waals surface area contributed by atoms with Crippen molar-refractivity contribution >= 4 is 34.5 Å². The predicted molar refractivity (Wildman–Crippen MR) is 109 cm³/mol. The third-order valence-corrected chi connectivity index (χ3v) is 5.13. The van der Waals surface area contributed by atoms with Crippen LogP contribution in [0.15, 0.2) is 60.0 Å². The van der Waals surface area contributed by atoms with Crippen LogP contribution < -0.4 is 10.1 Å². The molecule has 1 aromatic heterocycles. The zero-order valence-electron chi connectivity index (χ0n) is 14.7. The maximum Gasteiger partial charge on any atom is 0.265 e. The average molecular weight is 386 g/mol. The highest BCUT2D eigenvalue weighted by Crippen LogP contribution is 2.22. The van der Waals surface area contributed by atoms with Crippen LogP contribution in [0.4, 0.5) is 5.69 Å². The average Bonchev–Trinajstić information content (AvgIpc) is 3.10. The van der Waals surface area contributed by atoms with E-state index in [1.807, 2.05) is 47.8 Å². The van der Waals surface area contributed by atoms with E-state index in [0.29, 0.717) is 28.2 Å². The molecule has 1 amide bonds. The van der Waals surface area contributed by atoms with Crippen molar-refractivity contribution in [3.8, 4) is 5.75 Å². The van der Waals surface area contributed by atoms with Crippen LogP contribution in [-0.2, 0) is 6.61 Å². The molecule has 0 saturated heterocycles. The number of hydrogen-bond donors (Lipinski definition) is 1. The summed E-state index contributed by atoms with van der Waals surface area (Å²) in [7, 11) is 0. The van der Waals surface area contributed by atoms with Gasteiger partial charge in [0.15, 0.2) is 0 Å². The number of halogens is 1. The number of hydrogen-bond acceptors (Lipinski definition) is 3.